The number of nitrogens with zero attached hydrogens (tertiary/aromatic N) is 2. The van der Waals surface area contributed by atoms with E-state index in [2.05, 4.69) is 9.98 Å². The molecule has 1 atom stereocenters. The molecule has 0 fully saturated rings. The zero-order valence-corrected chi connectivity index (χ0v) is 9.65. The fourth-order valence-corrected chi connectivity index (χ4v) is 2.73. The lowest BCUT2D eigenvalue weighted by molar-refractivity contribution is -0.106. The van der Waals surface area contributed by atoms with Gasteiger partial charge in [0.2, 0.25) is 0 Å². The van der Waals surface area contributed by atoms with Crippen LogP contribution in [0.3, 0.4) is 0 Å². The number of hydrogen-bond acceptors (Lipinski definition) is 5. The van der Waals surface area contributed by atoms with Crippen LogP contribution >= 0.6 is 11.8 Å². The lowest BCUT2D eigenvalue weighted by Crippen LogP contribution is -2.16. The molecule has 3 rings (SSSR count). The highest BCUT2D eigenvalue weighted by Gasteiger charge is 2.27. The van der Waals surface area contributed by atoms with Crippen LogP contribution in [0, 0.1) is 0 Å². The van der Waals surface area contributed by atoms with Gasteiger partial charge in [-0.2, -0.15) is 0 Å². The third-order valence-corrected chi connectivity index (χ3v) is 3.62. The van der Waals surface area contributed by atoms with Crippen molar-refractivity contribution >= 4 is 40.3 Å². The first kappa shape index (κ1) is 10.3. The summed E-state index contributed by atoms with van der Waals surface area (Å²) < 4.78 is 0. The largest absolute Gasteiger partial charge is 0.383 e. The lowest BCUT2D eigenvalue weighted by Gasteiger charge is -1.99. The van der Waals surface area contributed by atoms with Crippen LogP contribution in [-0.2, 0) is 4.79 Å². The molecule has 0 bridgehead atoms. The van der Waals surface area contributed by atoms with Gasteiger partial charge in [0, 0.05) is 5.57 Å². The molecule has 2 aliphatic rings. The van der Waals surface area contributed by atoms with Crippen LogP contribution in [-0.4, -0.2) is 22.4 Å². The number of benzene rings is 1. The third kappa shape index (κ3) is 1.68. The number of para-hydroxylation sites is 2. The number of carbonyl (C=O) groups excluding carboxylic acids is 1. The van der Waals surface area contributed by atoms with Crippen molar-refractivity contribution in [3.63, 3.8) is 0 Å². The Morgan fingerprint density at radius 3 is 2.65 bits per heavy atom. The Morgan fingerprint density at radius 2 is 1.94 bits per heavy atom. The first-order chi connectivity index (χ1) is 8.28. The summed E-state index contributed by atoms with van der Waals surface area (Å²) in [6, 6.07) is 7.55. The van der Waals surface area contributed by atoms with Crippen LogP contribution in [0.15, 0.2) is 45.9 Å². The van der Waals surface area contributed by atoms with E-state index in [0.29, 0.717) is 5.84 Å². The van der Waals surface area contributed by atoms with Crippen molar-refractivity contribution in [1.29, 1.82) is 0 Å². The van der Waals surface area contributed by atoms with Crippen molar-refractivity contribution in [2.75, 3.05) is 0 Å². The molecule has 2 aliphatic heterocycles. The second-order valence-electron chi connectivity index (χ2n) is 3.70. The van der Waals surface area contributed by atoms with Gasteiger partial charge < -0.3 is 10.5 Å². The van der Waals surface area contributed by atoms with Crippen molar-refractivity contribution < 1.29 is 4.79 Å². The van der Waals surface area contributed by atoms with Crippen LogP contribution < -0.4 is 5.73 Å². The van der Waals surface area contributed by atoms with Gasteiger partial charge in [0.15, 0.2) is 0 Å². The Hall–Kier alpha value is -1.88. The molecule has 4 nitrogen and oxygen atoms in total. The van der Waals surface area contributed by atoms with Crippen molar-refractivity contribution in [2.45, 2.75) is 5.25 Å². The molecule has 2 heterocycles. The van der Waals surface area contributed by atoms with E-state index in [9.17, 15) is 4.79 Å². The summed E-state index contributed by atoms with van der Waals surface area (Å²) in [5, 5.41) is 0.566. The average Bonchev–Trinajstić information content (AvgIpc) is 2.69. The maximum Gasteiger partial charge on any atom is 0.137 e. The molecular weight excluding hydrogens is 234 g/mol. The van der Waals surface area contributed by atoms with Gasteiger partial charge in [0.25, 0.3) is 0 Å². The van der Waals surface area contributed by atoms with Crippen molar-refractivity contribution in [1.82, 2.24) is 0 Å². The highest BCUT2D eigenvalue weighted by atomic mass is 32.2. The minimum absolute atomic E-state index is 0.206. The maximum atomic E-state index is 10.8. The summed E-state index contributed by atoms with van der Waals surface area (Å²) >= 11 is 1.40. The lowest BCUT2D eigenvalue weighted by atomic mass is 10.2. The van der Waals surface area contributed by atoms with Crippen LogP contribution in [0.25, 0.3) is 0 Å². The second-order valence-corrected chi connectivity index (χ2v) is 4.87. The number of rotatable bonds is 1. The molecule has 0 radical (unpaired) electrons. The Bertz CT molecular complexity index is 589. The smallest absolute Gasteiger partial charge is 0.137 e. The number of carbonyl (C=O) groups is 1. The number of nitrogens with two attached hydrogens (primary N) is 1. The zero-order valence-electron chi connectivity index (χ0n) is 8.83. The van der Waals surface area contributed by atoms with Gasteiger partial charge in [-0.15, -0.1) is 0 Å². The van der Waals surface area contributed by atoms with Gasteiger partial charge in [0.1, 0.15) is 17.2 Å². The van der Waals surface area contributed by atoms with Gasteiger partial charge in [-0.05, 0) is 12.1 Å². The van der Waals surface area contributed by atoms with Gasteiger partial charge in [-0.25, -0.2) is 9.98 Å². The molecule has 0 saturated heterocycles. The van der Waals surface area contributed by atoms with E-state index < -0.39 is 0 Å². The summed E-state index contributed by atoms with van der Waals surface area (Å²) in [4.78, 5) is 19.6. The van der Waals surface area contributed by atoms with Gasteiger partial charge in [-0.3, -0.25) is 0 Å². The molecular formula is C12H9N3OS. The van der Waals surface area contributed by atoms with Gasteiger partial charge in [0.05, 0.1) is 16.6 Å². The van der Waals surface area contributed by atoms with E-state index in [1.807, 2.05) is 24.3 Å². The average molecular weight is 243 g/mol. The highest BCUT2D eigenvalue weighted by molar-refractivity contribution is 8.16. The molecule has 0 saturated carbocycles. The summed E-state index contributed by atoms with van der Waals surface area (Å²) in [7, 11) is 0. The minimum atomic E-state index is -0.206. The number of aliphatic imine (C=N–C) groups is 2. The normalized spacial score (nSPS) is 21.6. The van der Waals surface area contributed by atoms with Crippen molar-refractivity contribution in [3.05, 3.63) is 35.9 Å². The summed E-state index contributed by atoms with van der Waals surface area (Å²) in [6.07, 6.45) is 2.69. The topological polar surface area (TPSA) is 67.8 Å². The fourth-order valence-electron chi connectivity index (χ4n) is 1.76. The van der Waals surface area contributed by atoms with E-state index in [1.54, 1.807) is 6.08 Å². The number of fused-ring (bicyclic) bond motifs is 2. The quantitative estimate of drug-likeness (QED) is 0.767. The van der Waals surface area contributed by atoms with Crippen molar-refractivity contribution in [2.24, 2.45) is 15.7 Å². The number of aldehydes is 1. The first-order valence-corrected chi connectivity index (χ1v) is 6.02. The van der Waals surface area contributed by atoms with E-state index >= 15 is 0 Å². The molecule has 0 amide bonds. The van der Waals surface area contributed by atoms with E-state index in [1.165, 1.54) is 11.8 Å². The standard InChI is InChI=1S/C12H9N3OS/c13-11-8-5-7(6-16)17-12(8)15-10-4-2-1-3-9(10)14-11/h1-7H,(H2,13,14). The van der Waals surface area contributed by atoms with Crippen molar-refractivity contribution in [3.8, 4) is 0 Å². The number of amidine groups is 1. The zero-order chi connectivity index (χ0) is 11.8. The van der Waals surface area contributed by atoms with E-state index in [0.717, 1.165) is 28.3 Å². The second kappa shape index (κ2) is 3.85. The molecule has 5 heteroatoms. The third-order valence-electron chi connectivity index (χ3n) is 2.56. The number of thioether (sulfide) groups is 1. The van der Waals surface area contributed by atoms with Crippen LogP contribution in [0.1, 0.15) is 0 Å². The van der Waals surface area contributed by atoms with Crippen LogP contribution in [0.4, 0.5) is 11.4 Å². The molecule has 17 heavy (non-hydrogen) atoms. The molecule has 2 N–H and O–H groups in total. The molecule has 0 aromatic heterocycles. The summed E-state index contributed by atoms with van der Waals surface area (Å²) in [6.45, 7) is 0. The van der Waals surface area contributed by atoms with Gasteiger partial charge >= 0.3 is 0 Å². The van der Waals surface area contributed by atoms with E-state index in [4.69, 9.17) is 5.73 Å². The monoisotopic (exact) mass is 243 g/mol. The molecule has 1 aromatic rings. The minimum Gasteiger partial charge on any atom is -0.383 e. The Kier molecular flexibility index (Phi) is 2.33. The molecule has 1 aromatic carbocycles. The predicted octanol–water partition coefficient (Wildman–Crippen LogP) is 1.96. The van der Waals surface area contributed by atoms with Crippen LogP contribution in [0.2, 0.25) is 0 Å². The Balaban J connectivity index is 2.18. The maximum absolute atomic E-state index is 10.8. The molecule has 1 unspecified atom stereocenters. The van der Waals surface area contributed by atoms with Gasteiger partial charge in [-0.1, -0.05) is 30.0 Å². The predicted molar refractivity (Wildman–Crippen MR) is 70.3 cm³/mol. The highest BCUT2D eigenvalue weighted by Crippen LogP contribution is 2.37. The summed E-state index contributed by atoms with van der Waals surface area (Å²) in [5.74, 6) is 0.422. The molecule has 0 aliphatic carbocycles. The first-order valence-electron chi connectivity index (χ1n) is 5.14. The molecule has 84 valence electrons. The van der Waals surface area contributed by atoms with Crippen LogP contribution in [0.5, 0.6) is 0 Å². The fraction of sp³-hybridized carbons (Fsp3) is 0.0833. The Labute approximate surface area is 102 Å². The summed E-state index contributed by atoms with van der Waals surface area (Å²) in [5.41, 5.74) is 8.24. The Morgan fingerprint density at radius 1 is 1.24 bits per heavy atom. The SMILES string of the molecule is NC1=Nc2ccccc2N=C2SC(C=O)C=C12. The number of hydrogen-bond donors (Lipinski definition) is 1. The molecule has 0 spiro atoms. The van der Waals surface area contributed by atoms with E-state index in [-0.39, 0.29) is 5.25 Å².